The molecule has 78 valence electrons. The fourth-order valence-corrected chi connectivity index (χ4v) is 1.57. The van der Waals surface area contributed by atoms with Gasteiger partial charge in [0, 0.05) is 0 Å². The van der Waals surface area contributed by atoms with Crippen LogP contribution in [0.25, 0.3) is 0 Å². The van der Waals surface area contributed by atoms with Gasteiger partial charge in [0.2, 0.25) is 5.96 Å². The lowest BCUT2D eigenvalue weighted by molar-refractivity contribution is 1.000. The zero-order valence-corrected chi connectivity index (χ0v) is 8.40. The minimum absolute atomic E-state index is 0.143. The third kappa shape index (κ3) is 2.56. The molecular weight excluding hydrogens is 188 g/mol. The fourth-order valence-electron chi connectivity index (χ4n) is 1.57. The summed E-state index contributed by atoms with van der Waals surface area (Å²) in [6.45, 7) is 0. The van der Waals surface area contributed by atoms with Crippen molar-refractivity contribution in [3.63, 3.8) is 0 Å². The van der Waals surface area contributed by atoms with Crippen LogP contribution in [0.5, 0.6) is 0 Å². The van der Waals surface area contributed by atoms with Crippen molar-refractivity contribution in [3.8, 4) is 0 Å². The number of hydrogen-bond donors (Lipinski definition) is 3. The van der Waals surface area contributed by atoms with Crippen LogP contribution >= 0.6 is 0 Å². The van der Waals surface area contributed by atoms with Crippen molar-refractivity contribution in [2.75, 3.05) is 0 Å². The second-order valence-electron chi connectivity index (χ2n) is 3.69. The van der Waals surface area contributed by atoms with Crippen LogP contribution in [0.3, 0.4) is 0 Å². The first-order valence-corrected chi connectivity index (χ1v) is 4.99. The van der Waals surface area contributed by atoms with Crippen LogP contribution in [0.1, 0.15) is 29.9 Å². The topological polar surface area (TPSA) is 74.3 Å². The van der Waals surface area contributed by atoms with Crippen molar-refractivity contribution in [2.24, 2.45) is 10.8 Å². The average Bonchev–Trinajstić information content (AvgIpc) is 3.01. The summed E-state index contributed by atoms with van der Waals surface area (Å²) in [5.41, 5.74) is 9.98. The second kappa shape index (κ2) is 4.13. The molecule has 1 fully saturated rings. The van der Waals surface area contributed by atoms with Gasteiger partial charge in [-0.1, -0.05) is 24.3 Å². The monoisotopic (exact) mass is 202 g/mol. The van der Waals surface area contributed by atoms with Gasteiger partial charge in [0.15, 0.2) is 0 Å². The second-order valence-corrected chi connectivity index (χ2v) is 3.69. The number of nitrogens with two attached hydrogens (primary N) is 1. The molecule has 1 saturated carbocycles. The summed E-state index contributed by atoms with van der Waals surface area (Å²) < 4.78 is 0. The Labute approximate surface area is 88.7 Å². The molecule has 0 aromatic heterocycles. The highest BCUT2D eigenvalue weighted by Gasteiger charge is 2.24. The van der Waals surface area contributed by atoms with Crippen LogP contribution in [0.2, 0.25) is 0 Å². The lowest BCUT2D eigenvalue weighted by atomic mass is 10.0. The van der Waals surface area contributed by atoms with E-state index in [2.05, 4.69) is 16.6 Å². The Morgan fingerprint density at radius 1 is 1.47 bits per heavy atom. The Hall–Kier alpha value is -1.84. The Morgan fingerprint density at radius 2 is 2.20 bits per heavy atom. The van der Waals surface area contributed by atoms with Gasteiger partial charge in [-0.3, -0.25) is 5.41 Å². The van der Waals surface area contributed by atoms with E-state index in [1.165, 1.54) is 18.4 Å². The third-order valence-corrected chi connectivity index (χ3v) is 2.40. The third-order valence-electron chi connectivity index (χ3n) is 2.40. The van der Waals surface area contributed by atoms with Crippen molar-refractivity contribution in [2.45, 2.75) is 18.8 Å². The van der Waals surface area contributed by atoms with Gasteiger partial charge >= 0.3 is 0 Å². The highest BCUT2D eigenvalue weighted by molar-refractivity contribution is 5.84. The predicted octanol–water partition coefficient (Wildman–Crippen LogP) is 1.38. The molecule has 0 amide bonds. The fraction of sp³-hybridized carbons (Fsp3) is 0.273. The van der Waals surface area contributed by atoms with E-state index in [1.807, 2.05) is 18.2 Å². The molecule has 4 nitrogen and oxygen atoms in total. The Kier molecular flexibility index (Phi) is 2.67. The quantitative estimate of drug-likeness (QED) is 0.393. The number of nitrogens with one attached hydrogen (secondary N) is 2. The van der Waals surface area contributed by atoms with E-state index >= 15 is 0 Å². The largest absolute Gasteiger partial charge is 0.369 e. The molecule has 0 atom stereocenters. The van der Waals surface area contributed by atoms with Crippen molar-refractivity contribution in [1.82, 2.24) is 5.43 Å². The molecule has 0 saturated heterocycles. The highest BCUT2D eigenvalue weighted by Crippen LogP contribution is 2.41. The maximum Gasteiger partial charge on any atom is 0.206 e. The molecular formula is C11H14N4. The van der Waals surface area contributed by atoms with Gasteiger partial charge in [-0.2, -0.15) is 5.10 Å². The van der Waals surface area contributed by atoms with Crippen LogP contribution in [0, 0.1) is 5.41 Å². The molecule has 4 N–H and O–H groups in total. The first-order chi connectivity index (χ1) is 7.27. The Balaban J connectivity index is 2.12. The molecule has 0 bridgehead atoms. The van der Waals surface area contributed by atoms with Gasteiger partial charge < -0.3 is 5.73 Å². The molecule has 4 heteroatoms. The summed E-state index contributed by atoms with van der Waals surface area (Å²) in [4.78, 5) is 0. The van der Waals surface area contributed by atoms with Crippen molar-refractivity contribution < 1.29 is 0 Å². The molecule has 1 aromatic rings. The summed E-state index contributed by atoms with van der Waals surface area (Å²) in [5, 5.41) is 10.9. The summed E-state index contributed by atoms with van der Waals surface area (Å²) in [6.07, 6.45) is 4.25. The number of hydrazone groups is 1. The number of benzene rings is 1. The molecule has 2 rings (SSSR count). The van der Waals surface area contributed by atoms with Gasteiger partial charge in [0.05, 0.1) is 6.21 Å². The zero-order chi connectivity index (χ0) is 10.7. The van der Waals surface area contributed by atoms with Gasteiger partial charge in [0.25, 0.3) is 0 Å². The minimum Gasteiger partial charge on any atom is -0.369 e. The van der Waals surface area contributed by atoms with Crippen molar-refractivity contribution in [3.05, 3.63) is 35.4 Å². The summed E-state index contributed by atoms with van der Waals surface area (Å²) in [7, 11) is 0. The van der Waals surface area contributed by atoms with Gasteiger partial charge in [0.1, 0.15) is 0 Å². The number of hydrogen-bond acceptors (Lipinski definition) is 2. The Bertz CT molecular complexity index is 393. The standard InChI is InChI=1S/C11H14N4/c12-11(13)15-14-7-9-3-1-2-4-10(9)8-5-6-8/h1-4,7-8H,5-6H2,(H4,12,13,15). The lowest BCUT2D eigenvalue weighted by Gasteiger charge is -2.02. The zero-order valence-electron chi connectivity index (χ0n) is 8.40. The Morgan fingerprint density at radius 3 is 2.87 bits per heavy atom. The summed E-state index contributed by atoms with van der Waals surface area (Å²) >= 11 is 0. The molecule has 0 unspecified atom stereocenters. The first kappa shape index (κ1) is 9.71. The van der Waals surface area contributed by atoms with Crippen molar-refractivity contribution in [1.29, 1.82) is 5.41 Å². The van der Waals surface area contributed by atoms with E-state index in [9.17, 15) is 0 Å². The van der Waals surface area contributed by atoms with E-state index < -0.39 is 0 Å². The molecule has 0 radical (unpaired) electrons. The van der Waals surface area contributed by atoms with Crippen LogP contribution in [-0.2, 0) is 0 Å². The van der Waals surface area contributed by atoms with Crippen LogP contribution in [0.4, 0.5) is 0 Å². The number of nitrogens with zero attached hydrogens (tertiary/aromatic N) is 1. The lowest BCUT2D eigenvalue weighted by Crippen LogP contribution is -2.25. The maximum atomic E-state index is 6.96. The number of guanidine groups is 1. The summed E-state index contributed by atoms with van der Waals surface area (Å²) in [6, 6.07) is 8.19. The molecule has 0 spiro atoms. The SMILES string of the molecule is N=C(N)NN=Cc1ccccc1C1CC1. The van der Waals surface area contributed by atoms with Crippen LogP contribution < -0.4 is 11.2 Å². The molecule has 1 aromatic carbocycles. The van der Waals surface area contributed by atoms with Crippen molar-refractivity contribution >= 4 is 12.2 Å². The first-order valence-electron chi connectivity index (χ1n) is 4.99. The van der Waals surface area contributed by atoms with E-state index in [4.69, 9.17) is 11.1 Å². The van der Waals surface area contributed by atoms with Gasteiger partial charge in [-0.05, 0) is 29.9 Å². The van der Waals surface area contributed by atoms with E-state index in [1.54, 1.807) is 6.21 Å². The molecule has 1 aliphatic carbocycles. The van der Waals surface area contributed by atoms with Crippen LogP contribution in [-0.4, -0.2) is 12.2 Å². The van der Waals surface area contributed by atoms with E-state index in [0.29, 0.717) is 5.92 Å². The predicted molar refractivity (Wildman–Crippen MR) is 61.1 cm³/mol. The highest BCUT2D eigenvalue weighted by atomic mass is 15.3. The molecule has 0 heterocycles. The smallest absolute Gasteiger partial charge is 0.206 e. The molecule has 0 aliphatic heterocycles. The van der Waals surface area contributed by atoms with Crippen LogP contribution in [0.15, 0.2) is 29.4 Å². The summed E-state index contributed by atoms with van der Waals surface area (Å²) in [5.74, 6) is 0.556. The molecule has 15 heavy (non-hydrogen) atoms. The average molecular weight is 202 g/mol. The minimum atomic E-state index is -0.143. The van der Waals surface area contributed by atoms with E-state index in [-0.39, 0.29) is 5.96 Å². The number of rotatable bonds is 3. The normalized spacial score (nSPS) is 15.5. The molecule has 1 aliphatic rings. The maximum absolute atomic E-state index is 6.96. The van der Waals surface area contributed by atoms with E-state index in [0.717, 1.165) is 5.56 Å². The van der Waals surface area contributed by atoms with Gasteiger partial charge in [-0.15, -0.1) is 0 Å². The van der Waals surface area contributed by atoms with Gasteiger partial charge in [-0.25, -0.2) is 5.43 Å².